The monoisotopic (exact) mass is 340 g/mol. The molecule has 0 spiro atoms. The molecule has 5 nitrogen and oxygen atoms in total. The van der Waals surface area contributed by atoms with Crippen molar-refractivity contribution in [1.82, 2.24) is 4.90 Å². The van der Waals surface area contributed by atoms with Crippen molar-refractivity contribution < 1.29 is 14.3 Å². The molecule has 132 valence electrons. The Bertz CT molecular complexity index is 716. The first-order valence-corrected chi connectivity index (χ1v) is 8.36. The van der Waals surface area contributed by atoms with Gasteiger partial charge >= 0.3 is 0 Å². The number of amides is 2. The maximum Gasteiger partial charge on any atom is 0.244 e. The Balaban J connectivity index is 2.10. The minimum Gasteiger partial charge on any atom is -0.492 e. The third-order valence-corrected chi connectivity index (χ3v) is 3.93. The maximum atomic E-state index is 12.5. The zero-order valence-corrected chi connectivity index (χ0v) is 14.9. The molecule has 0 bridgehead atoms. The summed E-state index contributed by atoms with van der Waals surface area (Å²) in [5, 5.41) is 2.83. The molecule has 2 rings (SSSR count). The lowest BCUT2D eigenvalue weighted by molar-refractivity contribution is -0.134. The van der Waals surface area contributed by atoms with Crippen molar-refractivity contribution >= 4 is 17.5 Å². The SMILES string of the molecule is CCOc1ccccc1NC(=O)CN(C(C)=O)C(C)c1ccccc1. The summed E-state index contributed by atoms with van der Waals surface area (Å²) in [5.74, 6) is 0.207. The number of para-hydroxylation sites is 2. The van der Waals surface area contributed by atoms with Gasteiger partial charge in [0.15, 0.2) is 0 Å². The van der Waals surface area contributed by atoms with Gasteiger partial charge in [0, 0.05) is 6.92 Å². The van der Waals surface area contributed by atoms with E-state index in [-0.39, 0.29) is 24.4 Å². The molecule has 2 amide bonds. The van der Waals surface area contributed by atoms with Crippen LogP contribution in [0.1, 0.15) is 32.4 Å². The van der Waals surface area contributed by atoms with E-state index in [1.807, 2.05) is 56.3 Å². The lowest BCUT2D eigenvalue weighted by Gasteiger charge is -2.28. The summed E-state index contributed by atoms with van der Waals surface area (Å²) < 4.78 is 5.51. The van der Waals surface area contributed by atoms with Gasteiger partial charge in [-0.1, -0.05) is 42.5 Å². The molecule has 1 atom stereocenters. The van der Waals surface area contributed by atoms with Crippen LogP contribution in [0.2, 0.25) is 0 Å². The predicted molar refractivity (Wildman–Crippen MR) is 98.5 cm³/mol. The molecule has 0 aliphatic carbocycles. The smallest absolute Gasteiger partial charge is 0.244 e. The number of hydrogen-bond acceptors (Lipinski definition) is 3. The molecule has 0 aliphatic rings. The number of rotatable bonds is 7. The highest BCUT2D eigenvalue weighted by Crippen LogP contribution is 2.24. The van der Waals surface area contributed by atoms with E-state index in [1.165, 1.54) is 6.92 Å². The molecule has 2 aromatic carbocycles. The van der Waals surface area contributed by atoms with E-state index in [2.05, 4.69) is 5.32 Å². The second-order valence-electron chi connectivity index (χ2n) is 5.71. The molecule has 1 unspecified atom stereocenters. The first-order valence-electron chi connectivity index (χ1n) is 8.36. The Morgan fingerprint density at radius 2 is 1.72 bits per heavy atom. The second kappa shape index (κ2) is 8.87. The van der Waals surface area contributed by atoms with Crippen LogP contribution in [0.15, 0.2) is 54.6 Å². The lowest BCUT2D eigenvalue weighted by atomic mass is 10.1. The number of benzene rings is 2. The third kappa shape index (κ3) is 5.08. The van der Waals surface area contributed by atoms with Crippen molar-refractivity contribution in [3.63, 3.8) is 0 Å². The van der Waals surface area contributed by atoms with Crippen molar-refractivity contribution in [2.45, 2.75) is 26.8 Å². The van der Waals surface area contributed by atoms with Crippen molar-refractivity contribution in [2.75, 3.05) is 18.5 Å². The molecular formula is C20H24N2O3. The molecule has 1 N–H and O–H groups in total. The van der Waals surface area contributed by atoms with E-state index in [9.17, 15) is 9.59 Å². The van der Waals surface area contributed by atoms with Gasteiger partial charge in [-0.05, 0) is 31.5 Å². The van der Waals surface area contributed by atoms with Crippen molar-refractivity contribution in [3.05, 3.63) is 60.2 Å². The fraction of sp³-hybridized carbons (Fsp3) is 0.300. The van der Waals surface area contributed by atoms with Gasteiger partial charge in [0.05, 0.1) is 18.3 Å². The molecule has 0 saturated carbocycles. The molecule has 0 aromatic heterocycles. The Morgan fingerprint density at radius 1 is 1.08 bits per heavy atom. The number of nitrogens with one attached hydrogen (secondary N) is 1. The normalized spacial score (nSPS) is 11.5. The molecule has 0 heterocycles. The van der Waals surface area contributed by atoms with Crippen LogP contribution in [0.25, 0.3) is 0 Å². The fourth-order valence-corrected chi connectivity index (χ4v) is 2.63. The summed E-state index contributed by atoms with van der Waals surface area (Å²) in [4.78, 5) is 26.0. The average Bonchev–Trinajstić information content (AvgIpc) is 2.61. The summed E-state index contributed by atoms with van der Waals surface area (Å²) in [7, 11) is 0. The van der Waals surface area contributed by atoms with Crippen LogP contribution < -0.4 is 10.1 Å². The number of carbonyl (C=O) groups excluding carboxylic acids is 2. The highest BCUT2D eigenvalue weighted by Gasteiger charge is 2.21. The molecule has 25 heavy (non-hydrogen) atoms. The minimum atomic E-state index is -0.259. The van der Waals surface area contributed by atoms with Crippen molar-refractivity contribution in [3.8, 4) is 5.75 Å². The molecule has 5 heteroatoms. The fourth-order valence-electron chi connectivity index (χ4n) is 2.63. The van der Waals surface area contributed by atoms with Crippen LogP contribution in [-0.2, 0) is 9.59 Å². The highest BCUT2D eigenvalue weighted by molar-refractivity contribution is 5.95. The topological polar surface area (TPSA) is 58.6 Å². The van der Waals surface area contributed by atoms with Crippen LogP contribution in [0.5, 0.6) is 5.75 Å². The summed E-state index contributed by atoms with van der Waals surface area (Å²) in [5.41, 5.74) is 1.59. The van der Waals surface area contributed by atoms with Crippen molar-refractivity contribution in [2.24, 2.45) is 0 Å². The molecule has 0 radical (unpaired) electrons. The minimum absolute atomic E-state index is 0.0220. The Morgan fingerprint density at radius 3 is 2.36 bits per heavy atom. The Hall–Kier alpha value is -2.82. The third-order valence-electron chi connectivity index (χ3n) is 3.93. The van der Waals surface area contributed by atoms with Gasteiger partial charge < -0.3 is 15.0 Å². The van der Waals surface area contributed by atoms with Crippen LogP contribution in [0.4, 0.5) is 5.69 Å². The standard InChI is InChI=1S/C20H24N2O3/c1-4-25-19-13-9-8-12-18(19)21-20(24)14-22(16(3)23)15(2)17-10-6-5-7-11-17/h5-13,15H,4,14H2,1-3H3,(H,21,24). The van der Waals surface area contributed by atoms with Gasteiger partial charge in [-0.15, -0.1) is 0 Å². The largest absolute Gasteiger partial charge is 0.492 e. The molecule has 2 aromatic rings. The Labute approximate surface area is 148 Å². The zero-order chi connectivity index (χ0) is 18.2. The molecule has 0 fully saturated rings. The molecule has 0 aliphatic heterocycles. The van der Waals surface area contributed by atoms with Crippen LogP contribution in [-0.4, -0.2) is 29.9 Å². The first-order chi connectivity index (χ1) is 12.0. The van der Waals surface area contributed by atoms with Gasteiger partial charge in [0.2, 0.25) is 11.8 Å². The van der Waals surface area contributed by atoms with Gasteiger partial charge in [0.25, 0.3) is 0 Å². The van der Waals surface area contributed by atoms with Gasteiger partial charge in [-0.25, -0.2) is 0 Å². The van der Waals surface area contributed by atoms with Gasteiger partial charge in [-0.2, -0.15) is 0 Å². The summed E-state index contributed by atoms with van der Waals surface area (Å²) in [6.45, 7) is 5.76. The maximum absolute atomic E-state index is 12.5. The quantitative estimate of drug-likeness (QED) is 0.837. The van der Waals surface area contributed by atoms with Gasteiger partial charge in [0.1, 0.15) is 12.3 Å². The molecular weight excluding hydrogens is 316 g/mol. The van der Waals surface area contributed by atoms with E-state index in [4.69, 9.17) is 4.74 Å². The second-order valence-corrected chi connectivity index (χ2v) is 5.71. The number of carbonyl (C=O) groups is 2. The van der Waals surface area contributed by atoms with E-state index >= 15 is 0 Å². The van der Waals surface area contributed by atoms with Crippen LogP contribution in [0, 0.1) is 0 Å². The van der Waals surface area contributed by atoms with E-state index in [1.54, 1.807) is 17.0 Å². The van der Waals surface area contributed by atoms with E-state index in [0.717, 1.165) is 5.56 Å². The summed E-state index contributed by atoms with van der Waals surface area (Å²) in [6.07, 6.45) is 0. The van der Waals surface area contributed by atoms with Crippen molar-refractivity contribution in [1.29, 1.82) is 0 Å². The van der Waals surface area contributed by atoms with Gasteiger partial charge in [-0.3, -0.25) is 9.59 Å². The molecule has 0 saturated heterocycles. The summed E-state index contributed by atoms with van der Waals surface area (Å²) >= 11 is 0. The first kappa shape index (κ1) is 18.5. The number of hydrogen-bond donors (Lipinski definition) is 1. The zero-order valence-electron chi connectivity index (χ0n) is 14.9. The number of nitrogens with zero attached hydrogens (tertiary/aromatic N) is 1. The average molecular weight is 340 g/mol. The summed E-state index contributed by atoms with van der Waals surface area (Å²) in [6, 6.07) is 16.7. The predicted octanol–water partition coefficient (Wildman–Crippen LogP) is 3.63. The number of anilines is 1. The number of ether oxygens (including phenoxy) is 1. The lowest BCUT2D eigenvalue weighted by Crippen LogP contribution is -2.38. The Kier molecular flexibility index (Phi) is 6.57. The van der Waals surface area contributed by atoms with Crippen LogP contribution in [0.3, 0.4) is 0 Å². The highest BCUT2D eigenvalue weighted by atomic mass is 16.5. The van der Waals surface area contributed by atoms with E-state index < -0.39 is 0 Å². The van der Waals surface area contributed by atoms with E-state index in [0.29, 0.717) is 18.0 Å². The van der Waals surface area contributed by atoms with Crippen LogP contribution >= 0.6 is 0 Å².